The van der Waals surface area contributed by atoms with E-state index in [-0.39, 0.29) is 43.1 Å². The summed E-state index contributed by atoms with van der Waals surface area (Å²) in [4.78, 5) is 19.1. The van der Waals surface area contributed by atoms with Crippen molar-refractivity contribution in [3.63, 3.8) is 0 Å². The van der Waals surface area contributed by atoms with Crippen molar-refractivity contribution < 1.29 is 9.53 Å². The van der Waals surface area contributed by atoms with Gasteiger partial charge in [0, 0.05) is 58.9 Å². The van der Waals surface area contributed by atoms with Gasteiger partial charge in [-0.05, 0) is 17.7 Å². The second-order valence-corrected chi connectivity index (χ2v) is 6.53. The van der Waals surface area contributed by atoms with Crippen LogP contribution >= 0.6 is 37.2 Å². The van der Waals surface area contributed by atoms with Gasteiger partial charge in [0.05, 0.1) is 13.7 Å². The molecule has 2 aliphatic heterocycles. The Morgan fingerprint density at radius 2 is 1.52 bits per heavy atom. The maximum Gasteiger partial charge on any atom is 0.236 e. The summed E-state index contributed by atoms with van der Waals surface area (Å²) >= 11 is 0. The van der Waals surface area contributed by atoms with Crippen molar-refractivity contribution in [2.45, 2.75) is 6.54 Å². The van der Waals surface area contributed by atoms with Crippen LogP contribution in [0.2, 0.25) is 0 Å². The first-order valence-corrected chi connectivity index (χ1v) is 8.81. The number of hydrogen-bond acceptors (Lipinski definition) is 5. The highest BCUT2D eigenvalue weighted by molar-refractivity contribution is 5.86. The van der Waals surface area contributed by atoms with Crippen molar-refractivity contribution in [1.29, 1.82) is 0 Å². The third-order valence-electron chi connectivity index (χ3n) is 4.86. The lowest BCUT2D eigenvalue weighted by molar-refractivity contribution is -0.134. The van der Waals surface area contributed by atoms with Gasteiger partial charge in [-0.15, -0.1) is 37.2 Å². The Balaban J connectivity index is 0.00000225. The number of nitrogens with one attached hydrogen (secondary N) is 1. The molecule has 1 amide bonds. The highest BCUT2D eigenvalue weighted by atomic mass is 35.5. The van der Waals surface area contributed by atoms with E-state index in [4.69, 9.17) is 4.74 Å². The van der Waals surface area contributed by atoms with E-state index < -0.39 is 0 Å². The van der Waals surface area contributed by atoms with Crippen LogP contribution in [0.15, 0.2) is 24.3 Å². The van der Waals surface area contributed by atoms with E-state index in [1.165, 1.54) is 5.56 Å². The number of hydrogen-bond donors (Lipinski definition) is 1. The first kappa shape index (κ1) is 26.2. The normalized spacial score (nSPS) is 17.9. The fraction of sp³-hybridized carbons (Fsp3) is 0.611. The van der Waals surface area contributed by atoms with Crippen molar-refractivity contribution in [1.82, 2.24) is 20.0 Å². The van der Waals surface area contributed by atoms with E-state index >= 15 is 0 Å². The zero-order chi connectivity index (χ0) is 16.8. The van der Waals surface area contributed by atoms with Crippen LogP contribution in [-0.4, -0.2) is 86.6 Å². The SMILES string of the molecule is COc1ccc(CN2CCN(C(=O)CN3CCNCC3)CC2)cc1.Cl.Cl.Cl. The third-order valence-corrected chi connectivity index (χ3v) is 4.86. The van der Waals surface area contributed by atoms with Gasteiger partial charge in [0.15, 0.2) is 0 Å². The fourth-order valence-corrected chi connectivity index (χ4v) is 3.31. The van der Waals surface area contributed by atoms with E-state index in [9.17, 15) is 4.79 Å². The third kappa shape index (κ3) is 8.02. The average Bonchev–Trinajstić information content (AvgIpc) is 2.64. The quantitative estimate of drug-likeness (QED) is 0.750. The minimum absolute atomic E-state index is 0. The van der Waals surface area contributed by atoms with Gasteiger partial charge < -0.3 is 15.0 Å². The standard InChI is InChI=1S/C18H28N4O2.3ClH/c1-24-17-4-2-16(3-5-17)14-21-10-12-22(13-11-21)18(23)15-20-8-6-19-7-9-20;;;/h2-5,19H,6-15H2,1H3;3*1H. The Morgan fingerprint density at radius 1 is 0.926 bits per heavy atom. The zero-order valence-corrected chi connectivity index (χ0v) is 18.2. The lowest BCUT2D eigenvalue weighted by atomic mass is 10.2. The second-order valence-electron chi connectivity index (χ2n) is 6.53. The molecule has 1 aromatic carbocycles. The van der Waals surface area contributed by atoms with Crippen LogP contribution in [0.5, 0.6) is 5.75 Å². The number of carbonyl (C=O) groups excluding carboxylic acids is 1. The van der Waals surface area contributed by atoms with Crippen molar-refractivity contribution in [3.05, 3.63) is 29.8 Å². The van der Waals surface area contributed by atoms with Crippen LogP contribution < -0.4 is 10.1 Å². The molecular weight excluding hydrogens is 411 g/mol. The molecule has 0 aliphatic carbocycles. The highest BCUT2D eigenvalue weighted by Crippen LogP contribution is 2.14. The molecule has 2 fully saturated rings. The Hall–Kier alpha value is -0.760. The second kappa shape index (κ2) is 13.4. The lowest BCUT2D eigenvalue weighted by Gasteiger charge is -2.36. The lowest BCUT2D eigenvalue weighted by Crippen LogP contribution is -2.53. The highest BCUT2D eigenvalue weighted by Gasteiger charge is 2.23. The van der Waals surface area contributed by atoms with Crippen LogP contribution in [0, 0.1) is 0 Å². The van der Waals surface area contributed by atoms with E-state index in [0.717, 1.165) is 64.7 Å². The first-order valence-electron chi connectivity index (χ1n) is 8.81. The molecule has 9 heteroatoms. The Bertz CT molecular complexity index is 534. The number of benzene rings is 1. The van der Waals surface area contributed by atoms with Gasteiger partial charge in [-0.3, -0.25) is 14.6 Å². The molecule has 2 saturated heterocycles. The van der Waals surface area contributed by atoms with Crippen LogP contribution in [0.1, 0.15) is 5.56 Å². The first-order chi connectivity index (χ1) is 11.7. The number of ether oxygens (including phenoxy) is 1. The number of methoxy groups -OCH3 is 1. The molecular formula is C18H31Cl3N4O2. The molecule has 1 N–H and O–H groups in total. The predicted molar refractivity (Wildman–Crippen MR) is 116 cm³/mol. The molecule has 2 heterocycles. The van der Waals surface area contributed by atoms with Crippen molar-refractivity contribution in [2.75, 3.05) is 66.0 Å². The maximum absolute atomic E-state index is 12.4. The summed E-state index contributed by atoms with van der Waals surface area (Å²) in [6, 6.07) is 8.23. The monoisotopic (exact) mass is 440 g/mol. The van der Waals surface area contributed by atoms with Crippen LogP contribution in [0.25, 0.3) is 0 Å². The summed E-state index contributed by atoms with van der Waals surface area (Å²) in [5.74, 6) is 1.17. The summed E-state index contributed by atoms with van der Waals surface area (Å²) in [5, 5.41) is 3.32. The number of amides is 1. The van der Waals surface area contributed by atoms with Crippen LogP contribution in [0.4, 0.5) is 0 Å². The largest absolute Gasteiger partial charge is 0.497 e. The predicted octanol–water partition coefficient (Wildman–Crippen LogP) is 1.51. The van der Waals surface area contributed by atoms with Gasteiger partial charge in [-0.25, -0.2) is 0 Å². The van der Waals surface area contributed by atoms with Crippen LogP contribution in [-0.2, 0) is 11.3 Å². The van der Waals surface area contributed by atoms with Gasteiger partial charge >= 0.3 is 0 Å². The van der Waals surface area contributed by atoms with Crippen molar-refractivity contribution in [3.8, 4) is 5.75 Å². The van der Waals surface area contributed by atoms with E-state index in [1.54, 1.807) is 7.11 Å². The molecule has 0 radical (unpaired) electrons. The molecule has 0 atom stereocenters. The molecule has 3 rings (SSSR count). The smallest absolute Gasteiger partial charge is 0.236 e. The molecule has 27 heavy (non-hydrogen) atoms. The number of piperazine rings is 2. The van der Waals surface area contributed by atoms with E-state index in [1.807, 2.05) is 17.0 Å². The zero-order valence-electron chi connectivity index (χ0n) is 15.8. The average molecular weight is 442 g/mol. The molecule has 0 spiro atoms. The van der Waals surface area contributed by atoms with Gasteiger partial charge in [0.25, 0.3) is 0 Å². The van der Waals surface area contributed by atoms with Gasteiger partial charge in [0.1, 0.15) is 5.75 Å². The summed E-state index contributed by atoms with van der Waals surface area (Å²) in [7, 11) is 1.69. The van der Waals surface area contributed by atoms with Crippen molar-refractivity contribution >= 4 is 43.1 Å². The van der Waals surface area contributed by atoms with Gasteiger partial charge in [0.2, 0.25) is 5.91 Å². The van der Waals surface area contributed by atoms with E-state index in [0.29, 0.717) is 6.54 Å². The molecule has 1 aromatic rings. The summed E-state index contributed by atoms with van der Waals surface area (Å²) in [6.07, 6.45) is 0. The molecule has 6 nitrogen and oxygen atoms in total. The molecule has 2 aliphatic rings. The number of rotatable bonds is 5. The summed E-state index contributed by atoms with van der Waals surface area (Å²) < 4.78 is 5.20. The van der Waals surface area contributed by atoms with Gasteiger partial charge in [-0.2, -0.15) is 0 Å². The summed E-state index contributed by atoms with van der Waals surface area (Å²) in [6.45, 7) is 8.99. The van der Waals surface area contributed by atoms with Crippen molar-refractivity contribution in [2.24, 2.45) is 0 Å². The topological polar surface area (TPSA) is 48.1 Å². The Labute approximate surface area is 180 Å². The number of carbonyl (C=O) groups is 1. The fourth-order valence-electron chi connectivity index (χ4n) is 3.31. The molecule has 0 aromatic heterocycles. The van der Waals surface area contributed by atoms with Crippen LogP contribution in [0.3, 0.4) is 0 Å². The van der Waals surface area contributed by atoms with E-state index in [2.05, 4.69) is 27.2 Å². The molecule has 0 bridgehead atoms. The minimum atomic E-state index is 0. The maximum atomic E-state index is 12.4. The minimum Gasteiger partial charge on any atom is -0.497 e. The Kier molecular flexibility index (Phi) is 13.0. The number of nitrogens with zero attached hydrogens (tertiary/aromatic N) is 3. The van der Waals surface area contributed by atoms with Gasteiger partial charge in [-0.1, -0.05) is 12.1 Å². The molecule has 156 valence electrons. The molecule has 0 unspecified atom stereocenters. The molecule has 0 saturated carbocycles. The summed E-state index contributed by atoms with van der Waals surface area (Å²) in [5.41, 5.74) is 1.29. The Morgan fingerprint density at radius 3 is 2.07 bits per heavy atom. The number of halogens is 3.